The van der Waals surface area contributed by atoms with Crippen molar-refractivity contribution in [2.45, 2.75) is 19.8 Å². The fraction of sp³-hybridized carbons (Fsp3) is 0.273. The van der Waals surface area contributed by atoms with E-state index in [0.29, 0.717) is 0 Å². The molecule has 0 fully saturated rings. The van der Waals surface area contributed by atoms with Gasteiger partial charge < -0.3 is 29.7 Å². The van der Waals surface area contributed by atoms with E-state index in [1.54, 1.807) is 0 Å². The zero-order valence-corrected chi connectivity index (χ0v) is 12.2. The largest absolute Gasteiger partial charge is 5.00 e. The predicted octanol–water partition coefficient (Wildman–Crippen LogP) is 3.88. The van der Waals surface area contributed by atoms with Gasteiger partial charge >= 0.3 is 22.4 Å². The van der Waals surface area contributed by atoms with E-state index in [4.69, 9.17) is 0 Å². The monoisotopic (exact) mass is 334 g/mol. The summed E-state index contributed by atoms with van der Waals surface area (Å²) in [4.78, 5) is 0. The van der Waals surface area contributed by atoms with Crippen LogP contribution in [0.5, 0.6) is 0 Å². The van der Waals surface area contributed by atoms with E-state index < -0.39 is 0 Å². The van der Waals surface area contributed by atoms with Gasteiger partial charge in [-0.1, -0.05) is 13.3 Å². The maximum absolute atomic E-state index is 3.21. The van der Waals surface area contributed by atoms with Crippen LogP contribution < -0.4 is 0 Å². The van der Waals surface area contributed by atoms with Crippen molar-refractivity contribution in [1.29, 1.82) is 0 Å². The number of hydrogen-bond donors (Lipinski definition) is 0. The normalized spacial score (nSPS) is 10.2. The Balaban J connectivity index is -0.0000000327. The van der Waals surface area contributed by atoms with Crippen LogP contribution in [0.3, 0.4) is 0 Å². The van der Waals surface area contributed by atoms with Gasteiger partial charge in [-0.3, -0.25) is 6.08 Å². The molecule has 12 heavy (non-hydrogen) atoms. The fourth-order valence-electron chi connectivity index (χ4n) is 0.693. The first-order valence-corrected chi connectivity index (χ1v) is 2.69. The molecule has 1 rings (SSSR count). The first-order valence-electron chi connectivity index (χ1n) is 2.69. The van der Waals surface area contributed by atoms with E-state index in [0.717, 1.165) is 12.8 Å². The smallest absolute Gasteiger partial charge is 0.358 e. The summed E-state index contributed by atoms with van der Waals surface area (Å²) in [5.74, 6) is 0. The summed E-state index contributed by atoms with van der Waals surface area (Å²) in [6, 6.07) is 0. The fourth-order valence-corrected chi connectivity index (χ4v) is 0.693. The molecule has 0 N–H and O–H groups in total. The van der Waals surface area contributed by atoms with Crippen LogP contribution in [0.2, 0.25) is 0 Å². The molecule has 1 heteroatoms. The Morgan fingerprint density at radius 1 is 1.25 bits per heavy atom. The maximum atomic E-state index is 3.21. The first-order chi connectivity index (χ1) is 3.43. The first kappa shape index (κ1) is 29.5. The molecule has 0 aliphatic heterocycles. The van der Waals surface area contributed by atoms with Crippen LogP contribution in [0.25, 0.3) is 0 Å². The van der Waals surface area contributed by atoms with Crippen LogP contribution in [0.1, 0.15) is 19.8 Å². The van der Waals surface area contributed by atoms with E-state index in [2.05, 4.69) is 25.2 Å². The molecule has 0 nitrogen and oxygen atoms in total. The quantitative estimate of drug-likeness (QED) is 0.639. The van der Waals surface area contributed by atoms with Crippen molar-refractivity contribution in [3.05, 3.63) is 53.5 Å². The number of allylic oxidation sites excluding steroid dienone is 4. The molecule has 0 bridgehead atoms. The molecule has 1 aliphatic carbocycles. The van der Waals surface area contributed by atoms with Crippen molar-refractivity contribution in [1.82, 2.24) is 0 Å². The van der Waals surface area contributed by atoms with Crippen molar-refractivity contribution in [3.63, 3.8) is 0 Å². The molecule has 0 saturated carbocycles. The zero-order chi connectivity index (χ0) is 5.11. The van der Waals surface area contributed by atoms with E-state index >= 15 is 0 Å². The molecule has 0 radical (unpaired) electrons. The van der Waals surface area contributed by atoms with Crippen LogP contribution in [-0.2, 0) is 22.4 Å². The van der Waals surface area contributed by atoms with Crippen LogP contribution in [0.15, 0.2) is 17.7 Å². The second-order valence-corrected chi connectivity index (χ2v) is 1.66. The standard InChI is InChI=1S/C7H9.4CH3.Ta/c1-2-7-5-3-4-6-7;;;;;/h3,5H,2,4H2,1H3;4*1H3;/q5*-1;+5. The topological polar surface area (TPSA) is 0 Å². The molecule has 70 valence electrons. The van der Waals surface area contributed by atoms with Gasteiger partial charge in [0.1, 0.15) is 0 Å². The van der Waals surface area contributed by atoms with Gasteiger partial charge in [0.05, 0.1) is 0 Å². The Morgan fingerprint density at radius 2 is 1.75 bits per heavy atom. The van der Waals surface area contributed by atoms with Gasteiger partial charge in [-0.05, 0) is 0 Å². The van der Waals surface area contributed by atoms with Gasteiger partial charge in [-0.25, -0.2) is 11.6 Å². The molecule has 0 aromatic heterocycles. The number of hydrogen-bond acceptors (Lipinski definition) is 0. The predicted molar refractivity (Wildman–Crippen MR) is 56.5 cm³/mol. The molecule has 0 aromatic rings. The van der Waals surface area contributed by atoms with Crippen molar-refractivity contribution in [2.24, 2.45) is 0 Å². The summed E-state index contributed by atoms with van der Waals surface area (Å²) < 4.78 is 0. The molecule has 0 unspecified atom stereocenters. The molecule has 0 atom stereocenters. The van der Waals surface area contributed by atoms with Crippen molar-refractivity contribution in [3.8, 4) is 0 Å². The third-order valence-corrected chi connectivity index (χ3v) is 1.15. The van der Waals surface area contributed by atoms with Gasteiger partial charge in [0, 0.05) is 0 Å². The molecule has 0 saturated heterocycles. The minimum atomic E-state index is 0. The van der Waals surface area contributed by atoms with Crippen LogP contribution in [0.4, 0.5) is 0 Å². The summed E-state index contributed by atoms with van der Waals surface area (Å²) in [6.07, 6.45) is 9.65. The van der Waals surface area contributed by atoms with Crippen LogP contribution in [-0.4, -0.2) is 0 Å². The van der Waals surface area contributed by atoms with Crippen molar-refractivity contribution < 1.29 is 22.4 Å². The minimum absolute atomic E-state index is 0. The zero-order valence-electron chi connectivity index (χ0n) is 9.02. The Hall–Kier alpha value is 0.220. The molecule has 0 heterocycles. The third-order valence-electron chi connectivity index (χ3n) is 1.15. The SMILES string of the molecule is CCC1=[C-]CC=C1.[CH3-].[CH3-].[CH3-].[CH3-].[Ta+5]. The summed E-state index contributed by atoms with van der Waals surface area (Å²) in [6.45, 7) is 2.15. The summed E-state index contributed by atoms with van der Waals surface area (Å²) in [5, 5.41) is 0. The summed E-state index contributed by atoms with van der Waals surface area (Å²) >= 11 is 0. The maximum Gasteiger partial charge on any atom is 5.00 e. The Bertz CT molecular complexity index is 112. The van der Waals surface area contributed by atoms with Gasteiger partial charge in [0.15, 0.2) is 0 Å². The van der Waals surface area contributed by atoms with Crippen molar-refractivity contribution >= 4 is 0 Å². The third kappa shape index (κ3) is 10.2. The van der Waals surface area contributed by atoms with Gasteiger partial charge in [-0.15, -0.1) is 6.42 Å². The average Bonchev–Trinajstić information content (AvgIpc) is 2.14. The second kappa shape index (κ2) is 17.3. The molecule has 0 amide bonds. The second-order valence-electron chi connectivity index (χ2n) is 1.66. The van der Waals surface area contributed by atoms with E-state index in [-0.39, 0.29) is 52.1 Å². The Morgan fingerprint density at radius 3 is 1.92 bits per heavy atom. The van der Waals surface area contributed by atoms with E-state index in [1.165, 1.54) is 5.57 Å². The Kier molecular flexibility index (Phi) is 42.7. The summed E-state index contributed by atoms with van der Waals surface area (Å²) in [7, 11) is 0. The Labute approximate surface area is 95.7 Å². The van der Waals surface area contributed by atoms with E-state index in [1.807, 2.05) is 0 Å². The minimum Gasteiger partial charge on any atom is -0.358 e. The summed E-state index contributed by atoms with van der Waals surface area (Å²) in [5.41, 5.74) is 1.36. The van der Waals surface area contributed by atoms with Gasteiger partial charge in [0.25, 0.3) is 0 Å². The average molecular weight is 334 g/mol. The molecular formula is C11H21Ta. The number of rotatable bonds is 1. The molecule has 1 aliphatic rings. The van der Waals surface area contributed by atoms with Crippen LogP contribution in [0, 0.1) is 35.8 Å². The molecule has 0 spiro atoms. The molecular weight excluding hydrogens is 313 g/mol. The molecule has 0 aromatic carbocycles. The van der Waals surface area contributed by atoms with Gasteiger partial charge in [-0.2, -0.15) is 6.08 Å². The van der Waals surface area contributed by atoms with Crippen molar-refractivity contribution in [2.75, 3.05) is 0 Å². The van der Waals surface area contributed by atoms with E-state index in [9.17, 15) is 0 Å². The van der Waals surface area contributed by atoms with Crippen LogP contribution >= 0.6 is 0 Å². The van der Waals surface area contributed by atoms with Gasteiger partial charge in [0.2, 0.25) is 0 Å².